The van der Waals surface area contributed by atoms with Crippen molar-refractivity contribution in [2.45, 2.75) is 0 Å². The van der Waals surface area contributed by atoms with Gasteiger partial charge in [-0.05, 0) is 0 Å². The minimum absolute atomic E-state index is 0. The van der Waals surface area contributed by atoms with Gasteiger partial charge in [0, 0.05) is 0 Å². The summed E-state index contributed by atoms with van der Waals surface area (Å²) < 4.78 is 0. The van der Waals surface area contributed by atoms with Gasteiger partial charge in [0.1, 0.15) is 0 Å². The molecule has 7 heavy (non-hydrogen) atoms. The van der Waals surface area contributed by atoms with E-state index in [4.69, 9.17) is 18.8 Å². The first-order valence-corrected chi connectivity index (χ1v) is 6.56. The summed E-state index contributed by atoms with van der Waals surface area (Å²) in [5.74, 6) is 0. The monoisotopic (exact) mass is 339 g/mol. The average Bonchev–Trinajstić information content (AvgIpc) is 0.918. The second kappa shape index (κ2) is 59.7. The van der Waals surface area contributed by atoms with Crippen LogP contribution >= 0.6 is 18.8 Å². The molecule has 0 fully saturated rings. The van der Waals surface area contributed by atoms with Crippen molar-refractivity contribution in [3.8, 4) is 0 Å². The zero-order chi connectivity index (χ0) is 2.71. The molecule has 0 atom stereocenters. The normalized spacial score (nSPS) is 3.14. The molecule has 58 valence electrons. The Labute approximate surface area is 57.4 Å². The van der Waals surface area contributed by atoms with Crippen molar-refractivity contribution >= 4 is 18.8 Å². The van der Waals surface area contributed by atoms with E-state index in [0.29, 0.717) is 0 Å². The Balaban J connectivity index is -0.00000000333. The van der Waals surface area contributed by atoms with Crippen molar-refractivity contribution in [3.05, 3.63) is 0 Å². The molecule has 0 spiro atoms. The van der Waals surface area contributed by atoms with E-state index in [1.807, 2.05) is 0 Å². The molecular weight excluding hydrogens is 330 g/mol. The van der Waals surface area contributed by atoms with Gasteiger partial charge in [0.25, 0.3) is 0 Å². The maximum atomic E-state index is 4.90. The summed E-state index contributed by atoms with van der Waals surface area (Å²) in [6, 6.07) is 0. The van der Waals surface area contributed by atoms with Crippen LogP contribution in [-0.4, -0.2) is 21.9 Å². The summed E-state index contributed by atoms with van der Waals surface area (Å²) >= 11 is -0.639. The predicted molar refractivity (Wildman–Crippen MR) is 29.0 cm³/mol. The van der Waals surface area contributed by atoms with Gasteiger partial charge in [-0.1, -0.05) is 0 Å². The van der Waals surface area contributed by atoms with Gasteiger partial charge >= 0.3 is 35.3 Å². The molecule has 0 saturated heterocycles. The molecule has 0 aromatic rings. The third kappa shape index (κ3) is 151. The van der Waals surface area contributed by atoms with Gasteiger partial charge in [0.2, 0.25) is 0 Å². The molecular formula is H10Cl2O4Pt. The second-order valence-corrected chi connectivity index (χ2v) is 3.72. The van der Waals surface area contributed by atoms with Crippen molar-refractivity contribution in [2.24, 2.45) is 0 Å². The van der Waals surface area contributed by atoms with E-state index in [0.717, 1.165) is 0 Å². The summed E-state index contributed by atoms with van der Waals surface area (Å²) in [6.45, 7) is 0. The Morgan fingerprint density at radius 1 is 0.714 bits per heavy atom. The second-order valence-electron chi connectivity index (χ2n) is 0.0505. The van der Waals surface area contributed by atoms with E-state index in [9.17, 15) is 0 Å². The van der Waals surface area contributed by atoms with Gasteiger partial charge < -0.3 is 21.9 Å². The zero-order valence-corrected chi connectivity index (χ0v) is 7.16. The summed E-state index contributed by atoms with van der Waals surface area (Å²) in [4.78, 5) is 0. The Hall–Kier alpha value is 1.11. The summed E-state index contributed by atoms with van der Waals surface area (Å²) in [5, 5.41) is 0. The van der Waals surface area contributed by atoms with Crippen LogP contribution in [0.15, 0.2) is 0 Å². The van der Waals surface area contributed by atoms with Crippen LogP contribution in [0.2, 0.25) is 0 Å². The van der Waals surface area contributed by atoms with E-state index in [2.05, 4.69) is 0 Å². The Bertz CT molecular complexity index is 9.65. The summed E-state index contributed by atoms with van der Waals surface area (Å²) in [6.07, 6.45) is 0. The first-order valence-electron chi connectivity index (χ1n) is 0.267. The Morgan fingerprint density at radius 2 is 0.714 bits per heavy atom. The molecule has 0 aliphatic rings. The van der Waals surface area contributed by atoms with Gasteiger partial charge in [0.15, 0.2) is 0 Å². The van der Waals surface area contributed by atoms with E-state index >= 15 is 0 Å². The van der Waals surface area contributed by atoms with Gasteiger partial charge in [-0.25, -0.2) is 0 Å². The fraction of sp³-hybridized carbons (Fsp3) is 0. The zero-order valence-electron chi connectivity index (χ0n) is 3.11. The SMILES string of the molecule is O.O.O.O.[Cl][PtH2][Cl]. The molecule has 0 amide bonds. The molecule has 0 unspecified atom stereocenters. The molecule has 0 aromatic carbocycles. The van der Waals surface area contributed by atoms with Crippen LogP contribution in [0, 0.1) is 0 Å². The van der Waals surface area contributed by atoms with Gasteiger partial charge in [-0.3, -0.25) is 0 Å². The van der Waals surface area contributed by atoms with Crippen LogP contribution in [0.1, 0.15) is 0 Å². The number of hydrogen-bond donors (Lipinski definition) is 0. The van der Waals surface area contributed by atoms with Crippen molar-refractivity contribution in [3.63, 3.8) is 0 Å². The fourth-order valence-corrected chi connectivity index (χ4v) is 0. The topological polar surface area (TPSA) is 126 Å². The molecule has 0 saturated carbocycles. The summed E-state index contributed by atoms with van der Waals surface area (Å²) in [7, 11) is 9.81. The van der Waals surface area contributed by atoms with Crippen molar-refractivity contribution < 1.29 is 38.4 Å². The van der Waals surface area contributed by atoms with Crippen molar-refractivity contribution in [1.29, 1.82) is 0 Å². The fourth-order valence-electron chi connectivity index (χ4n) is 0. The third-order valence-electron chi connectivity index (χ3n) is 0. The van der Waals surface area contributed by atoms with Gasteiger partial charge in [0.05, 0.1) is 0 Å². The Kier molecular flexibility index (Phi) is 361. The van der Waals surface area contributed by atoms with Crippen LogP contribution in [0.5, 0.6) is 0 Å². The average molecular weight is 340 g/mol. The van der Waals surface area contributed by atoms with E-state index in [1.54, 1.807) is 0 Å². The van der Waals surface area contributed by atoms with Gasteiger partial charge in [-0.15, -0.1) is 0 Å². The molecule has 8 N–H and O–H groups in total. The van der Waals surface area contributed by atoms with Crippen LogP contribution in [0.25, 0.3) is 0 Å². The number of halogens is 2. The standard InChI is InChI=1S/2ClH.4H2O.Pt.2H/h2*1H;4*1H2;;;/q;;;;;;+2;;/p-2. The number of rotatable bonds is 0. The van der Waals surface area contributed by atoms with Crippen molar-refractivity contribution in [2.75, 3.05) is 0 Å². The number of hydrogen-bond acceptors (Lipinski definition) is 0. The quantitative estimate of drug-likeness (QED) is 0.464. The molecule has 0 radical (unpaired) electrons. The van der Waals surface area contributed by atoms with Crippen molar-refractivity contribution in [1.82, 2.24) is 0 Å². The molecule has 7 heteroatoms. The first kappa shape index (κ1) is 42.4. The molecule has 0 bridgehead atoms. The third-order valence-corrected chi connectivity index (χ3v) is 0. The molecule has 0 aliphatic carbocycles. The molecule has 0 heterocycles. The summed E-state index contributed by atoms with van der Waals surface area (Å²) in [5.41, 5.74) is 0. The van der Waals surface area contributed by atoms with Crippen LogP contribution in [-0.2, 0) is 16.5 Å². The molecule has 0 aliphatic heterocycles. The van der Waals surface area contributed by atoms with Crippen LogP contribution < -0.4 is 0 Å². The van der Waals surface area contributed by atoms with E-state index in [-0.39, 0.29) is 21.9 Å². The predicted octanol–water partition coefficient (Wildman–Crippen LogP) is -2.46. The van der Waals surface area contributed by atoms with Gasteiger partial charge in [-0.2, -0.15) is 0 Å². The molecule has 0 rings (SSSR count). The maximum absolute atomic E-state index is 4.90. The van der Waals surface area contributed by atoms with Crippen LogP contribution in [0.4, 0.5) is 0 Å². The Morgan fingerprint density at radius 3 is 0.714 bits per heavy atom. The van der Waals surface area contributed by atoms with E-state index < -0.39 is 16.5 Å². The van der Waals surface area contributed by atoms with E-state index in [1.165, 1.54) is 0 Å². The van der Waals surface area contributed by atoms with Crippen LogP contribution in [0.3, 0.4) is 0 Å². The molecule has 4 nitrogen and oxygen atoms in total. The molecule has 0 aromatic heterocycles. The minimum atomic E-state index is -0.639. The first-order chi connectivity index (χ1) is 1.41.